The van der Waals surface area contributed by atoms with Gasteiger partial charge in [-0.3, -0.25) is 4.90 Å². The van der Waals surface area contributed by atoms with E-state index in [0.29, 0.717) is 13.1 Å². The van der Waals surface area contributed by atoms with E-state index >= 15 is 0 Å². The van der Waals surface area contributed by atoms with E-state index in [1.165, 1.54) is 6.07 Å². The third kappa shape index (κ3) is 5.09. The highest BCUT2D eigenvalue weighted by molar-refractivity contribution is 6.31. The molecule has 0 saturated carbocycles. The molecule has 1 aromatic rings. The first kappa shape index (κ1) is 16.4. The van der Waals surface area contributed by atoms with E-state index in [1.807, 2.05) is 6.07 Å². The summed E-state index contributed by atoms with van der Waals surface area (Å²) >= 11 is 6.02. The van der Waals surface area contributed by atoms with Gasteiger partial charge in [0.05, 0.1) is 5.02 Å². The molecule has 1 aromatic carbocycles. The van der Waals surface area contributed by atoms with Crippen molar-refractivity contribution in [3.05, 3.63) is 34.6 Å². The van der Waals surface area contributed by atoms with Crippen LogP contribution in [0, 0.1) is 11.2 Å². The number of benzene rings is 1. The third-order valence-electron chi connectivity index (χ3n) is 3.17. The summed E-state index contributed by atoms with van der Waals surface area (Å²) in [7, 11) is 0. The van der Waals surface area contributed by atoms with Gasteiger partial charge in [-0.25, -0.2) is 4.39 Å². The summed E-state index contributed by atoms with van der Waals surface area (Å²) in [5.41, 5.74) is 6.67. The molecular weight excluding hydrogens is 263 g/mol. The Morgan fingerprint density at radius 1 is 1.37 bits per heavy atom. The molecule has 0 radical (unpaired) electrons. The Bertz CT molecular complexity index is 407. The molecule has 0 heterocycles. The van der Waals surface area contributed by atoms with Crippen molar-refractivity contribution >= 4 is 11.6 Å². The minimum absolute atomic E-state index is 0.0506. The van der Waals surface area contributed by atoms with Crippen molar-refractivity contribution in [2.75, 3.05) is 19.6 Å². The third-order valence-corrected chi connectivity index (χ3v) is 3.59. The quantitative estimate of drug-likeness (QED) is 0.828. The lowest BCUT2D eigenvalue weighted by Crippen LogP contribution is -2.38. The van der Waals surface area contributed by atoms with Crippen LogP contribution in [0.5, 0.6) is 0 Å². The van der Waals surface area contributed by atoms with Crippen molar-refractivity contribution in [2.45, 2.75) is 33.7 Å². The Hall–Kier alpha value is -0.640. The maximum Gasteiger partial charge on any atom is 0.142 e. The molecule has 0 aromatic heterocycles. The molecule has 2 N–H and O–H groups in total. The van der Waals surface area contributed by atoms with Crippen molar-refractivity contribution in [2.24, 2.45) is 11.1 Å². The van der Waals surface area contributed by atoms with Gasteiger partial charge in [-0.1, -0.05) is 44.5 Å². The maximum atomic E-state index is 13.4. The molecule has 0 aliphatic carbocycles. The number of hydrogen-bond acceptors (Lipinski definition) is 2. The van der Waals surface area contributed by atoms with Crippen LogP contribution in [0.25, 0.3) is 0 Å². The first-order valence-corrected chi connectivity index (χ1v) is 7.12. The van der Waals surface area contributed by atoms with Gasteiger partial charge in [-0.15, -0.1) is 0 Å². The lowest BCUT2D eigenvalue weighted by molar-refractivity contribution is 0.176. The van der Waals surface area contributed by atoms with Gasteiger partial charge in [-0.05, 0) is 36.6 Å². The summed E-state index contributed by atoms with van der Waals surface area (Å²) in [4.78, 5) is 2.29. The molecule has 0 aliphatic rings. The second kappa shape index (κ2) is 7.22. The number of nitrogens with two attached hydrogens (primary N) is 1. The Kier molecular flexibility index (Phi) is 6.24. The van der Waals surface area contributed by atoms with Crippen LogP contribution in [0.3, 0.4) is 0 Å². The predicted molar refractivity (Wildman–Crippen MR) is 79.8 cm³/mol. The maximum absolute atomic E-state index is 13.4. The molecule has 4 heteroatoms. The SMILES string of the molecule is CCCN(Cc1cccc(F)c1Cl)CC(C)(C)CN. The molecule has 0 atom stereocenters. The molecule has 19 heavy (non-hydrogen) atoms. The number of hydrogen-bond donors (Lipinski definition) is 1. The van der Waals surface area contributed by atoms with Crippen molar-refractivity contribution in [1.29, 1.82) is 0 Å². The van der Waals surface area contributed by atoms with E-state index in [1.54, 1.807) is 6.07 Å². The molecule has 1 rings (SSSR count). The average molecular weight is 287 g/mol. The number of nitrogens with zero attached hydrogens (tertiary/aromatic N) is 1. The van der Waals surface area contributed by atoms with Crippen molar-refractivity contribution in [3.63, 3.8) is 0 Å². The Labute approximate surface area is 120 Å². The van der Waals surface area contributed by atoms with Crippen LogP contribution < -0.4 is 5.73 Å². The minimum Gasteiger partial charge on any atom is -0.330 e. The van der Waals surface area contributed by atoms with E-state index in [4.69, 9.17) is 17.3 Å². The fourth-order valence-corrected chi connectivity index (χ4v) is 2.30. The predicted octanol–water partition coefficient (Wildman–Crippen LogP) is 3.68. The number of halogens is 2. The van der Waals surface area contributed by atoms with Crippen LogP contribution in [0.15, 0.2) is 18.2 Å². The van der Waals surface area contributed by atoms with Gasteiger partial charge in [-0.2, -0.15) is 0 Å². The fraction of sp³-hybridized carbons (Fsp3) is 0.600. The molecule has 0 aliphatic heterocycles. The van der Waals surface area contributed by atoms with Crippen molar-refractivity contribution in [1.82, 2.24) is 4.90 Å². The second-order valence-electron chi connectivity index (χ2n) is 5.79. The van der Waals surface area contributed by atoms with Crippen LogP contribution >= 0.6 is 11.6 Å². The smallest absolute Gasteiger partial charge is 0.142 e. The zero-order chi connectivity index (χ0) is 14.5. The first-order valence-electron chi connectivity index (χ1n) is 6.75. The van der Waals surface area contributed by atoms with E-state index < -0.39 is 0 Å². The highest BCUT2D eigenvalue weighted by Crippen LogP contribution is 2.23. The van der Waals surface area contributed by atoms with E-state index in [9.17, 15) is 4.39 Å². The number of rotatable bonds is 7. The lowest BCUT2D eigenvalue weighted by atomic mass is 9.93. The topological polar surface area (TPSA) is 29.3 Å². The summed E-state index contributed by atoms with van der Waals surface area (Å²) in [6, 6.07) is 4.97. The minimum atomic E-state index is -0.353. The summed E-state index contributed by atoms with van der Waals surface area (Å²) in [6.07, 6.45) is 1.05. The molecule has 0 fully saturated rings. The highest BCUT2D eigenvalue weighted by atomic mass is 35.5. The summed E-state index contributed by atoms with van der Waals surface area (Å²) in [5.74, 6) is -0.353. The summed E-state index contributed by atoms with van der Waals surface area (Å²) in [5, 5.41) is 0.231. The summed E-state index contributed by atoms with van der Waals surface area (Å²) < 4.78 is 13.4. The van der Waals surface area contributed by atoms with Gasteiger partial charge in [0.2, 0.25) is 0 Å². The van der Waals surface area contributed by atoms with Crippen molar-refractivity contribution in [3.8, 4) is 0 Å². The molecule has 2 nitrogen and oxygen atoms in total. The van der Waals surface area contributed by atoms with Crippen LogP contribution in [-0.2, 0) is 6.54 Å². The molecule has 0 unspecified atom stereocenters. The zero-order valence-electron chi connectivity index (χ0n) is 12.0. The zero-order valence-corrected chi connectivity index (χ0v) is 12.8. The molecule has 108 valence electrons. The van der Waals surface area contributed by atoms with Crippen LogP contribution in [-0.4, -0.2) is 24.5 Å². The van der Waals surface area contributed by atoms with Gasteiger partial charge < -0.3 is 5.73 Å². The first-order chi connectivity index (χ1) is 8.89. The Balaban J connectivity index is 2.81. The van der Waals surface area contributed by atoms with Crippen LogP contribution in [0.2, 0.25) is 5.02 Å². The molecule has 0 bridgehead atoms. The lowest BCUT2D eigenvalue weighted by Gasteiger charge is -2.32. The van der Waals surface area contributed by atoms with Gasteiger partial charge in [0, 0.05) is 13.1 Å². The molecule has 0 amide bonds. The van der Waals surface area contributed by atoms with Crippen LogP contribution in [0.4, 0.5) is 4.39 Å². The monoisotopic (exact) mass is 286 g/mol. The van der Waals surface area contributed by atoms with Gasteiger partial charge in [0.1, 0.15) is 5.82 Å². The molecule has 0 saturated heterocycles. The average Bonchev–Trinajstić information content (AvgIpc) is 2.35. The summed E-state index contributed by atoms with van der Waals surface area (Å²) in [6.45, 7) is 9.54. The fourth-order valence-electron chi connectivity index (χ4n) is 2.11. The highest BCUT2D eigenvalue weighted by Gasteiger charge is 2.20. The van der Waals surface area contributed by atoms with Crippen molar-refractivity contribution < 1.29 is 4.39 Å². The standard InChI is InChI=1S/C15H24ClFN2/c1-4-8-19(11-15(2,3)10-18)9-12-6-5-7-13(17)14(12)16/h5-7H,4,8-11,18H2,1-3H3. The van der Waals surface area contributed by atoms with Crippen LogP contribution in [0.1, 0.15) is 32.8 Å². The Morgan fingerprint density at radius 3 is 2.63 bits per heavy atom. The molecule has 0 spiro atoms. The van der Waals surface area contributed by atoms with E-state index in [-0.39, 0.29) is 16.3 Å². The van der Waals surface area contributed by atoms with E-state index in [2.05, 4.69) is 25.7 Å². The normalized spacial score (nSPS) is 12.2. The largest absolute Gasteiger partial charge is 0.330 e. The van der Waals surface area contributed by atoms with Gasteiger partial charge in [0.25, 0.3) is 0 Å². The Morgan fingerprint density at radius 2 is 2.05 bits per heavy atom. The second-order valence-corrected chi connectivity index (χ2v) is 6.17. The van der Waals surface area contributed by atoms with E-state index in [0.717, 1.165) is 25.1 Å². The van der Waals surface area contributed by atoms with Gasteiger partial charge >= 0.3 is 0 Å². The molecular formula is C15H24ClFN2. The van der Waals surface area contributed by atoms with Gasteiger partial charge in [0.15, 0.2) is 0 Å².